The van der Waals surface area contributed by atoms with Crippen molar-refractivity contribution in [3.8, 4) is 0 Å². The molecule has 1 N–H and O–H groups in total. The van der Waals surface area contributed by atoms with Crippen LogP contribution in [0.5, 0.6) is 0 Å². The highest BCUT2D eigenvalue weighted by Gasteiger charge is 2.38. The number of methoxy groups -OCH3 is 1. The number of ether oxygens (including phenoxy) is 1. The minimum atomic E-state index is -0.0995. The molecule has 0 radical (unpaired) electrons. The molecule has 1 fully saturated rings. The van der Waals surface area contributed by atoms with Gasteiger partial charge in [-0.15, -0.1) is 0 Å². The first-order valence-electron chi connectivity index (χ1n) is 6.93. The van der Waals surface area contributed by atoms with E-state index in [1.807, 2.05) is 11.8 Å². The van der Waals surface area contributed by atoms with E-state index in [0.717, 1.165) is 12.3 Å². The number of esters is 1. The van der Waals surface area contributed by atoms with Gasteiger partial charge < -0.3 is 10.1 Å². The van der Waals surface area contributed by atoms with Gasteiger partial charge in [0, 0.05) is 17.0 Å². The van der Waals surface area contributed by atoms with Crippen molar-refractivity contribution in [3.05, 3.63) is 0 Å². The number of hydrogen-bond acceptors (Lipinski definition) is 4. The molecule has 1 aliphatic rings. The first-order chi connectivity index (χ1) is 8.51. The smallest absolute Gasteiger partial charge is 0.306 e. The summed E-state index contributed by atoms with van der Waals surface area (Å²) >= 11 is 1.93. The van der Waals surface area contributed by atoms with Crippen molar-refractivity contribution >= 4 is 17.7 Å². The predicted octanol–water partition coefficient (Wildman–Crippen LogP) is 2.84. The Hall–Kier alpha value is -0.220. The zero-order valence-electron chi connectivity index (χ0n) is 12.1. The molecule has 18 heavy (non-hydrogen) atoms. The Labute approximate surface area is 115 Å². The van der Waals surface area contributed by atoms with Crippen LogP contribution in [0.2, 0.25) is 0 Å². The Balaban J connectivity index is 2.48. The van der Waals surface area contributed by atoms with Crippen molar-refractivity contribution < 1.29 is 9.53 Å². The second-order valence-electron chi connectivity index (χ2n) is 5.65. The van der Waals surface area contributed by atoms with Gasteiger partial charge in [0.25, 0.3) is 0 Å². The number of carbonyl (C=O) groups is 1. The normalized spacial score (nSPS) is 26.9. The van der Waals surface area contributed by atoms with Gasteiger partial charge in [-0.3, -0.25) is 4.79 Å². The van der Waals surface area contributed by atoms with Crippen molar-refractivity contribution in [2.45, 2.75) is 57.7 Å². The van der Waals surface area contributed by atoms with E-state index in [1.165, 1.54) is 26.4 Å². The fourth-order valence-corrected chi connectivity index (χ4v) is 4.36. The van der Waals surface area contributed by atoms with Crippen LogP contribution in [0.1, 0.15) is 46.5 Å². The van der Waals surface area contributed by atoms with Gasteiger partial charge >= 0.3 is 5.97 Å². The van der Waals surface area contributed by atoms with E-state index >= 15 is 0 Å². The maximum Gasteiger partial charge on any atom is 0.306 e. The molecule has 0 aromatic carbocycles. The van der Waals surface area contributed by atoms with Gasteiger partial charge in [-0.25, -0.2) is 0 Å². The summed E-state index contributed by atoms with van der Waals surface area (Å²) in [6.45, 7) is 7.89. The molecule has 0 amide bonds. The molecule has 3 nitrogen and oxygen atoms in total. The van der Waals surface area contributed by atoms with Gasteiger partial charge in [0.1, 0.15) is 0 Å². The van der Waals surface area contributed by atoms with E-state index in [0.29, 0.717) is 23.1 Å². The summed E-state index contributed by atoms with van der Waals surface area (Å²) in [5.41, 5.74) is 0.358. The maximum atomic E-state index is 11.1. The van der Waals surface area contributed by atoms with Crippen LogP contribution in [-0.4, -0.2) is 36.7 Å². The van der Waals surface area contributed by atoms with Crippen molar-refractivity contribution in [2.75, 3.05) is 19.4 Å². The molecule has 1 rings (SSSR count). The molecule has 1 saturated carbocycles. The minimum absolute atomic E-state index is 0.0995. The van der Waals surface area contributed by atoms with Crippen LogP contribution in [-0.2, 0) is 9.53 Å². The van der Waals surface area contributed by atoms with Gasteiger partial charge in [-0.1, -0.05) is 27.2 Å². The minimum Gasteiger partial charge on any atom is -0.469 e. The molecule has 1 aliphatic carbocycles. The molecule has 0 saturated heterocycles. The average molecular weight is 273 g/mol. The van der Waals surface area contributed by atoms with Gasteiger partial charge in [0.05, 0.1) is 13.5 Å². The van der Waals surface area contributed by atoms with E-state index in [-0.39, 0.29) is 5.97 Å². The largest absolute Gasteiger partial charge is 0.469 e. The second-order valence-corrected chi connectivity index (χ2v) is 7.00. The van der Waals surface area contributed by atoms with Crippen molar-refractivity contribution in [1.29, 1.82) is 0 Å². The SMILES string of the molecule is CCNC1C(SCCC(=O)OC)CCCC1(C)C. The summed E-state index contributed by atoms with van der Waals surface area (Å²) in [6.07, 6.45) is 4.37. The lowest BCUT2D eigenvalue weighted by Crippen LogP contribution is -2.51. The number of carbonyl (C=O) groups excluding carboxylic acids is 1. The lowest BCUT2D eigenvalue weighted by atomic mass is 9.73. The topological polar surface area (TPSA) is 38.3 Å². The van der Waals surface area contributed by atoms with Crippen LogP contribution in [0.4, 0.5) is 0 Å². The van der Waals surface area contributed by atoms with Crippen LogP contribution < -0.4 is 5.32 Å². The molecular formula is C14H27NO2S. The summed E-state index contributed by atoms with van der Waals surface area (Å²) in [7, 11) is 1.46. The van der Waals surface area contributed by atoms with E-state index in [9.17, 15) is 4.79 Å². The van der Waals surface area contributed by atoms with Crippen molar-refractivity contribution in [1.82, 2.24) is 5.32 Å². The Morgan fingerprint density at radius 3 is 2.83 bits per heavy atom. The zero-order chi connectivity index (χ0) is 13.6. The van der Waals surface area contributed by atoms with Gasteiger partial charge in [-0.2, -0.15) is 11.8 Å². The number of rotatable bonds is 6. The summed E-state index contributed by atoms with van der Waals surface area (Å²) in [4.78, 5) is 11.1. The summed E-state index contributed by atoms with van der Waals surface area (Å²) in [5.74, 6) is 0.771. The Bertz CT molecular complexity index is 269. The fraction of sp³-hybridized carbons (Fsp3) is 0.929. The average Bonchev–Trinajstić information content (AvgIpc) is 2.32. The molecule has 0 spiro atoms. The fourth-order valence-electron chi connectivity index (χ4n) is 2.79. The third-order valence-electron chi connectivity index (χ3n) is 3.81. The Morgan fingerprint density at radius 1 is 1.50 bits per heavy atom. The first kappa shape index (κ1) is 15.8. The van der Waals surface area contributed by atoms with Crippen molar-refractivity contribution in [2.24, 2.45) is 5.41 Å². The third kappa shape index (κ3) is 4.47. The summed E-state index contributed by atoms with van der Waals surface area (Å²) in [5, 5.41) is 4.26. The first-order valence-corrected chi connectivity index (χ1v) is 7.98. The molecule has 0 bridgehead atoms. The van der Waals surface area contributed by atoms with E-state index in [2.05, 4.69) is 30.8 Å². The lowest BCUT2D eigenvalue weighted by molar-refractivity contribution is -0.140. The van der Waals surface area contributed by atoms with Gasteiger partial charge in [0.15, 0.2) is 0 Å². The molecule has 106 valence electrons. The molecule has 4 heteroatoms. The summed E-state index contributed by atoms with van der Waals surface area (Å²) < 4.78 is 4.69. The molecular weight excluding hydrogens is 246 g/mol. The van der Waals surface area contributed by atoms with Crippen molar-refractivity contribution in [3.63, 3.8) is 0 Å². The third-order valence-corrected chi connectivity index (χ3v) is 5.19. The Morgan fingerprint density at radius 2 is 2.22 bits per heavy atom. The number of nitrogens with one attached hydrogen (secondary N) is 1. The molecule has 2 atom stereocenters. The van der Waals surface area contributed by atoms with Gasteiger partial charge in [0.2, 0.25) is 0 Å². The molecule has 0 aliphatic heterocycles. The van der Waals surface area contributed by atoms with E-state index < -0.39 is 0 Å². The zero-order valence-corrected chi connectivity index (χ0v) is 12.9. The molecule has 0 aromatic heterocycles. The highest BCUT2D eigenvalue weighted by atomic mass is 32.2. The standard InChI is InChI=1S/C14H27NO2S/c1-5-15-13-11(7-6-9-14(13,2)3)18-10-8-12(16)17-4/h11,13,15H,5-10H2,1-4H3. The molecule has 0 aromatic rings. The molecule has 2 unspecified atom stereocenters. The highest BCUT2D eigenvalue weighted by molar-refractivity contribution is 7.99. The lowest BCUT2D eigenvalue weighted by Gasteiger charge is -2.44. The molecule has 0 heterocycles. The highest BCUT2D eigenvalue weighted by Crippen LogP contribution is 2.40. The quantitative estimate of drug-likeness (QED) is 0.755. The van der Waals surface area contributed by atoms with Crippen LogP contribution >= 0.6 is 11.8 Å². The van der Waals surface area contributed by atoms with Crippen LogP contribution in [0.3, 0.4) is 0 Å². The second kappa shape index (κ2) is 7.39. The monoisotopic (exact) mass is 273 g/mol. The number of thioether (sulfide) groups is 1. The van der Waals surface area contributed by atoms with Crippen LogP contribution in [0.15, 0.2) is 0 Å². The van der Waals surface area contributed by atoms with Gasteiger partial charge in [-0.05, 0) is 24.8 Å². The maximum absolute atomic E-state index is 11.1. The van der Waals surface area contributed by atoms with E-state index in [1.54, 1.807) is 0 Å². The summed E-state index contributed by atoms with van der Waals surface area (Å²) in [6, 6.07) is 0.555. The van der Waals surface area contributed by atoms with E-state index in [4.69, 9.17) is 0 Å². The Kier molecular flexibility index (Phi) is 6.50. The van der Waals surface area contributed by atoms with Crippen LogP contribution in [0, 0.1) is 5.41 Å². The number of hydrogen-bond donors (Lipinski definition) is 1. The van der Waals surface area contributed by atoms with Crippen LogP contribution in [0.25, 0.3) is 0 Å². The predicted molar refractivity (Wildman–Crippen MR) is 78.0 cm³/mol.